The largest absolute Gasteiger partial charge is 0.383 e. The lowest BCUT2D eigenvalue weighted by atomic mass is 10.1. The third-order valence-electron chi connectivity index (χ3n) is 2.88. The van der Waals surface area contributed by atoms with Crippen LogP contribution in [0.25, 0.3) is 0 Å². The Balaban J connectivity index is 2.45. The molecule has 1 saturated carbocycles. The fourth-order valence-electron chi connectivity index (χ4n) is 1.72. The molecule has 4 nitrogen and oxygen atoms in total. The number of methoxy groups -OCH3 is 1. The highest BCUT2D eigenvalue weighted by molar-refractivity contribution is 5.82. The lowest BCUT2D eigenvalue weighted by molar-refractivity contribution is -0.134. The number of rotatable bonds is 7. The summed E-state index contributed by atoms with van der Waals surface area (Å²) in [6.07, 6.45) is 3.30. The molecule has 1 rings (SSSR count). The molecule has 0 aromatic carbocycles. The molecule has 0 spiro atoms. The van der Waals surface area contributed by atoms with Crippen LogP contribution in [-0.2, 0) is 9.53 Å². The van der Waals surface area contributed by atoms with Gasteiger partial charge in [0.05, 0.1) is 6.61 Å². The van der Waals surface area contributed by atoms with Crippen molar-refractivity contribution in [2.45, 2.75) is 45.2 Å². The second-order valence-electron chi connectivity index (χ2n) is 5.01. The van der Waals surface area contributed by atoms with E-state index in [-0.39, 0.29) is 5.91 Å². The molecule has 1 aliphatic carbocycles. The number of hydrogen-bond donors (Lipinski definition) is 1. The van der Waals surface area contributed by atoms with Crippen LogP contribution in [0.1, 0.15) is 33.1 Å². The molecule has 1 atom stereocenters. The number of nitrogens with zero attached hydrogens (tertiary/aromatic N) is 1. The SMILES string of the molecule is COCC(N)C(=O)N(CCC(C)C)C1CC1. The average molecular weight is 228 g/mol. The fourth-order valence-corrected chi connectivity index (χ4v) is 1.72. The highest BCUT2D eigenvalue weighted by Crippen LogP contribution is 2.27. The van der Waals surface area contributed by atoms with Crippen LogP contribution in [0.4, 0.5) is 0 Å². The first-order chi connectivity index (χ1) is 7.56. The van der Waals surface area contributed by atoms with Gasteiger partial charge in [-0.15, -0.1) is 0 Å². The van der Waals surface area contributed by atoms with Gasteiger partial charge in [0.2, 0.25) is 5.91 Å². The smallest absolute Gasteiger partial charge is 0.242 e. The maximum Gasteiger partial charge on any atom is 0.242 e. The van der Waals surface area contributed by atoms with Crippen molar-refractivity contribution in [3.63, 3.8) is 0 Å². The van der Waals surface area contributed by atoms with Crippen LogP contribution >= 0.6 is 0 Å². The molecule has 1 amide bonds. The number of nitrogens with two attached hydrogens (primary N) is 1. The van der Waals surface area contributed by atoms with Crippen LogP contribution < -0.4 is 5.73 Å². The standard InChI is InChI=1S/C12H24N2O2/c1-9(2)6-7-14(10-4-5-10)12(15)11(13)8-16-3/h9-11H,4-8,13H2,1-3H3. The predicted molar refractivity (Wildman–Crippen MR) is 64.0 cm³/mol. The molecule has 0 aromatic heterocycles. The summed E-state index contributed by atoms with van der Waals surface area (Å²) >= 11 is 0. The highest BCUT2D eigenvalue weighted by atomic mass is 16.5. The van der Waals surface area contributed by atoms with Crippen LogP contribution in [-0.4, -0.2) is 43.2 Å². The third-order valence-corrected chi connectivity index (χ3v) is 2.88. The summed E-state index contributed by atoms with van der Waals surface area (Å²) < 4.78 is 4.93. The van der Waals surface area contributed by atoms with E-state index in [1.54, 1.807) is 7.11 Å². The van der Waals surface area contributed by atoms with Gasteiger partial charge in [-0.05, 0) is 25.2 Å². The van der Waals surface area contributed by atoms with E-state index >= 15 is 0 Å². The quantitative estimate of drug-likeness (QED) is 0.707. The van der Waals surface area contributed by atoms with E-state index in [0.717, 1.165) is 25.8 Å². The van der Waals surface area contributed by atoms with Gasteiger partial charge in [-0.1, -0.05) is 13.8 Å². The third kappa shape index (κ3) is 4.10. The van der Waals surface area contributed by atoms with Crippen molar-refractivity contribution in [1.82, 2.24) is 4.90 Å². The molecule has 0 radical (unpaired) electrons. The zero-order chi connectivity index (χ0) is 12.1. The number of ether oxygens (including phenoxy) is 1. The summed E-state index contributed by atoms with van der Waals surface area (Å²) in [5, 5.41) is 0. The molecule has 1 unspecified atom stereocenters. The van der Waals surface area contributed by atoms with Gasteiger partial charge in [-0.3, -0.25) is 4.79 Å². The minimum absolute atomic E-state index is 0.0463. The average Bonchev–Trinajstić information content (AvgIpc) is 3.01. The van der Waals surface area contributed by atoms with Crippen molar-refractivity contribution in [1.29, 1.82) is 0 Å². The number of hydrogen-bond acceptors (Lipinski definition) is 3. The van der Waals surface area contributed by atoms with Crippen LogP contribution in [0.5, 0.6) is 0 Å². The second-order valence-corrected chi connectivity index (χ2v) is 5.01. The lowest BCUT2D eigenvalue weighted by Crippen LogP contribution is -2.47. The Labute approximate surface area is 98.1 Å². The van der Waals surface area contributed by atoms with Gasteiger partial charge >= 0.3 is 0 Å². The Morgan fingerprint density at radius 1 is 1.50 bits per heavy atom. The van der Waals surface area contributed by atoms with Gasteiger partial charge in [-0.2, -0.15) is 0 Å². The van der Waals surface area contributed by atoms with Gasteiger partial charge in [0.1, 0.15) is 6.04 Å². The zero-order valence-electron chi connectivity index (χ0n) is 10.6. The summed E-state index contributed by atoms with van der Waals surface area (Å²) in [6.45, 7) is 5.48. The van der Waals surface area contributed by atoms with E-state index in [0.29, 0.717) is 18.6 Å². The topological polar surface area (TPSA) is 55.6 Å². The number of carbonyl (C=O) groups is 1. The van der Waals surface area contributed by atoms with Gasteiger partial charge in [0.15, 0.2) is 0 Å². The Kier molecular flexibility index (Phi) is 5.22. The van der Waals surface area contributed by atoms with Crippen molar-refractivity contribution < 1.29 is 9.53 Å². The first kappa shape index (κ1) is 13.5. The number of amides is 1. The molecule has 0 bridgehead atoms. The molecule has 4 heteroatoms. The maximum atomic E-state index is 12.0. The molecule has 0 aromatic rings. The van der Waals surface area contributed by atoms with Crippen LogP contribution in [0.3, 0.4) is 0 Å². The van der Waals surface area contributed by atoms with Crippen molar-refractivity contribution in [2.75, 3.05) is 20.3 Å². The molecule has 1 fully saturated rings. The Hall–Kier alpha value is -0.610. The second kappa shape index (κ2) is 6.21. The Morgan fingerprint density at radius 3 is 2.56 bits per heavy atom. The van der Waals surface area contributed by atoms with E-state index < -0.39 is 6.04 Å². The molecular formula is C12H24N2O2. The zero-order valence-corrected chi connectivity index (χ0v) is 10.6. The lowest BCUT2D eigenvalue weighted by Gasteiger charge is -2.26. The monoisotopic (exact) mass is 228 g/mol. The Bertz CT molecular complexity index is 227. The molecular weight excluding hydrogens is 204 g/mol. The van der Waals surface area contributed by atoms with Crippen LogP contribution in [0.2, 0.25) is 0 Å². The molecule has 0 heterocycles. The molecule has 2 N–H and O–H groups in total. The van der Waals surface area contributed by atoms with E-state index in [1.165, 1.54) is 0 Å². The van der Waals surface area contributed by atoms with Crippen LogP contribution in [0.15, 0.2) is 0 Å². The summed E-state index contributed by atoms with van der Waals surface area (Å²) in [5.41, 5.74) is 5.78. The predicted octanol–water partition coefficient (Wildman–Crippen LogP) is 0.997. The summed E-state index contributed by atoms with van der Waals surface area (Å²) in [6, 6.07) is -0.0630. The van der Waals surface area contributed by atoms with E-state index in [1.807, 2.05) is 4.90 Å². The highest BCUT2D eigenvalue weighted by Gasteiger charge is 2.34. The first-order valence-corrected chi connectivity index (χ1v) is 6.11. The minimum atomic E-state index is -0.502. The maximum absolute atomic E-state index is 12.0. The van der Waals surface area contributed by atoms with Gasteiger partial charge < -0.3 is 15.4 Å². The van der Waals surface area contributed by atoms with Crippen molar-refractivity contribution in [2.24, 2.45) is 11.7 Å². The normalized spacial score (nSPS) is 17.6. The summed E-state index contributed by atoms with van der Waals surface area (Å²) in [5.74, 6) is 0.665. The van der Waals surface area contributed by atoms with Gasteiger partial charge in [0.25, 0.3) is 0 Å². The number of carbonyl (C=O) groups excluding carboxylic acids is 1. The Morgan fingerprint density at radius 2 is 2.12 bits per heavy atom. The van der Waals surface area contributed by atoms with Gasteiger partial charge in [-0.25, -0.2) is 0 Å². The first-order valence-electron chi connectivity index (χ1n) is 6.11. The van der Waals surface area contributed by atoms with Crippen molar-refractivity contribution in [3.05, 3.63) is 0 Å². The molecule has 94 valence electrons. The van der Waals surface area contributed by atoms with Gasteiger partial charge in [0, 0.05) is 19.7 Å². The minimum Gasteiger partial charge on any atom is -0.383 e. The molecule has 16 heavy (non-hydrogen) atoms. The molecule has 0 saturated heterocycles. The van der Waals surface area contributed by atoms with E-state index in [9.17, 15) is 4.79 Å². The summed E-state index contributed by atoms with van der Waals surface area (Å²) in [4.78, 5) is 14.0. The summed E-state index contributed by atoms with van der Waals surface area (Å²) in [7, 11) is 1.57. The molecule has 0 aliphatic heterocycles. The fraction of sp³-hybridized carbons (Fsp3) is 0.917. The van der Waals surface area contributed by atoms with E-state index in [4.69, 9.17) is 10.5 Å². The van der Waals surface area contributed by atoms with Crippen LogP contribution in [0, 0.1) is 5.92 Å². The van der Waals surface area contributed by atoms with E-state index in [2.05, 4.69) is 13.8 Å². The molecule has 1 aliphatic rings. The van der Waals surface area contributed by atoms with Crippen molar-refractivity contribution in [3.8, 4) is 0 Å². The van der Waals surface area contributed by atoms with Crippen molar-refractivity contribution >= 4 is 5.91 Å².